The lowest BCUT2D eigenvalue weighted by atomic mass is 10.1. The summed E-state index contributed by atoms with van der Waals surface area (Å²) in [6.07, 6.45) is 3.77. The van der Waals surface area contributed by atoms with Crippen molar-refractivity contribution < 1.29 is 9.53 Å². The Morgan fingerprint density at radius 1 is 1.38 bits per heavy atom. The molecule has 8 heteroatoms. The van der Waals surface area contributed by atoms with Crippen LogP contribution >= 0.6 is 0 Å². The Morgan fingerprint density at radius 3 is 3.12 bits per heavy atom. The quantitative estimate of drug-likeness (QED) is 0.756. The van der Waals surface area contributed by atoms with Crippen molar-refractivity contribution in [2.45, 2.75) is 19.4 Å². The first kappa shape index (κ1) is 14.4. The molecule has 1 aliphatic heterocycles. The molecule has 1 amide bonds. The molecule has 0 saturated heterocycles. The van der Waals surface area contributed by atoms with Crippen LogP contribution in [0, 0.1) is 0 Å². The summed E-state index contributed by atoms with van der Waals surface area (Å²) in [6.45, 7) is 2.42. The van der Waals surface area contributed by atoms with E-state index in [1.807, 2.05) is 18.2 Å². The number of fused-ring (bicyclic) bond motifs is 2. The highest BCUT2D eigenvalue weighted by Crippen LogP contribution is 2.34. The lowest BCUT2D eigenvalue weighted by Gasteiger charge is -2.15. The molecule has 122 valence electrons. The number of para-hydroxylation sites is 1. The molecule has 3 aromatic rings. The molecule has 1 aliphatic rings. The smallest absolute Gasteiger partial charge is 0.247 e. The second-order valence-corrected chi connectivity index (χ2v) is 5.64. The van der Waals surface area contributed by atoms with E-state index >= 15 is 0 Å². The summed E-state index contributed by atoms with van der Waals surface area (Å²) >= 11 is 0. The van der Waals surface area contributed by atoms with Crippen molar-refractivity contribution in [2.75, 3.05) is 17.7 Å². The molecule has 0 aliphatic carbocycles. The van der Waals surface area contributed by atoms with Crippen LogP contribution in [0.25, 0.3) is 11.2 Å². The number of ether oxygens (including phenoxy) is 1. The number of hydrogen-bond acceptors (Lipinski definition) is 6. The third-order valence-corrected chi connectivity index (χ3v) is 4.16. The van der Waals surface area contributed by atoms with Crippen LogP contribution in [0.2, 0.25) is 0 Å². The molecule has 0 bridgehead atoms. The van der Waals surface area contributed by atoms with Crippen molar-refractivity contribution in [1.29, 1.82) is 0 Å². The van der Waals surface area contributed by atoms with Gasteiger partial charge < -0.3 is 20.4 Å². The standard InChI is InChI=1S/C16H16N6O2/c1-9(22-8-20-12-14(17)18-7-19-15(12)22)16(23)21-11-4-2-3-10-5-6-24-13(10)11/h2-4,7-9H,5-6H2,1H3,(H,21,23)(H2,17,18,19). The zero-order valence-corrected chi connectivity index (χ0v) is 13.1. The largest absolute Gasteiger partial charge is 0.491 e. The number of hydrogen-bond donors (Lipinski definition) is 2. The SMILES string of the molecule is CC(C(=O)Nc1cccc2c1OCC2)n1cnc2c(N)ncnc21. The maximum Gasteiger partial charge on any atom is 0.247 e. The summed E-state index contributed by atoms with van der Waals surface area (Å²) in [7, 11) is 0. The first-order valence-electron chi connectivity index (χ1n) is 7.63. The highest BCUT2D eigenvalue weighted by Gasteiger charge is 2.22. The zero-order chi connectivity index (χ0) is 16.7. The van der Waals surface area contributed by atoms with Gasteiger partial charge >= 0.3 is 0 Å². The van der Waals surface area contributed by atoms with E-state index in [1.54, 1.807) is 17.8 Å². The van der Waals surface area contributed by atoms with Crippen LogP contribution in [0.3, 0.4) is 0 Å². The van der Waals surface area contributed by atoms with Crippen LogP contribution < -0.4 is 15.8 Å². The molecule has 0 fully saturated rings. The third-order valence-electron chi connectivity index (χ3n) is 4.16. The topological polar surface area (TPSA) is 108 Å². The second kappa shape index (κ2) is 5.48. The molecule has 4 rings (SSSR count). The predicted octanol–water partition coefficient (Wildman–Crippen LogP) is 1.54. The molecule has 2 aromatic heterocycles. The number of nitrogen functional groups attached to an aromatic ring is 1. The van der Waals surface area contributed by atoms with Crippen LogP contribution in [0.5, 0.6) is 5.75 Å². The Hall–Kier alpha value is -3.16. The molecule has 8 nitrogen and oxygen atoms in total. The number of aromatic nitrogens is 4. The molecule has 3 heterocycles. The van der Waals surface area contributed by atoms with E-state index in [0.29, 0.717) is 29.3 Å². The van der Waals surface area contributed by atoms with Crippen LogP contribution in [0.15, 0.2) is 30.9 Å². The number of carbonyl (C=O) groups excluding carboxylic acids is 1. The maximum absolute atomic E-state index is 12.6. The van der Waals surface area contributed by atoms with Gasteiger partial charge in [0.1, 0.15) is 23.6 Å². The van der Waals surface area contributed by atoms with Gasteiger partial charge in [-0.3, -0.25) is 4.79 Å². The molecule has 24 heavy (non-hydrogen) atoms. The normalized spacial score (nSPS) is 14.2. The number of benzene rings is 1. The van der Waals surface area contributed by atoms with E-state index in [-0.39, 0.29) is 5.91 Å². The number of carbonyl (C=O) groups is 1. The van der Waals surface area contributed by atoms with E-state index in [9.17, 15) is 4.79 Å². The van der Waals surface area contributed by atoms with Gasteiger partial charge in [0.25, 0.3) is 0 Å². The fourth-order valence-corrected chi connectivity index (χ4v) is 2.83. The molecule has 3 N–H and O–H groups in total. The average Bonchev–Trinajstić information content (AvgIpc) is 3.22. The van der Waals surface area contributed by atoms with Crippen LogP contribution in [0.4, 0.5) is 11.5 Å². The van der Waals surface area contributed by atoms with Gasteiger partial charge in [-0.05, 0) is 18.6 Å². The van der Waals surface area contributed by atoms with Gasteiger partial charge in [0.15, 0.2) is 11.5 Å². The van der Waals surface area contributed by atoms with Crippen molar-refractivity contribution >= 4 is 28.6 Å². The molecule has 0 saturated carbocycles. The second-order valence-electron chi connectivity index (χ2n) is 5.64. The van der Waals surface area contributed by atoms with Gasteiger partial charge in [-0.1, -0.05) is 12.1 Å². The molecule has 1 unspecified atom stereocenters. The van der Waals surface area contributed by atoms with Crippen molar-refractivity contribution in [3.63, 3.8) is 0 Å². The molecular formula is C16H16N6O2. The van der Waals surface area contributed by atoms with E-state index < -0.39 is 6.04 Å². The third kappa shape index (κ3) is 2.23. The van der Waals surface area contributed by atoms with Gasteiger partial charge in [-0.2, -0.15) is 0 Å². The van der Waals surface area contributed by atoms with Crippen molar-refractivity contribution in [1.82, 2.24) is 19.5 Å². The van der Waals surface area contributed by atoms with Crippen molar-refractivity contribution in [3.05, 3.63) is 36.4 Å². The summed E-state index contributed by atoms with van der Waals surface area (Å²) in [4.78, 5) is 24.9. The molecular weight excluding hydrogens is 308 g/mol. The highest BCUT2D eigenvalue weighted by atomic mass is 16.5. The number of nitrogens with two attached hydrogens (primary N) is 1. The van der Waals surface area contributed by atoms with E-state index in [1.165, 1.54) is 6.33 Å². The molecule has 0 spiro atoms. The fraction of sp³-hybridized carbons (Fsp3) is 0.250. The summed E-state index contributed by atoms with van der Waals surface area (Å²) in [5.74, 6) is 0.858. The van der Waals surface area contributed by atoms with E-state index in [2.05, 4.69) is 20.3 Å². The first-order valence-corrected chi connectivity index (χ1v) is 7.63. The molecule has 1 atom stereocenters. The average molecular weight is 324 g/mol. The lowest BCUT2D eigenvalue weighted by molar-refractivity contribution is -0.118. The summed E-state index contributed by atoms with van der Waals surface area (Å²) in [6, 6.07) is 5.24. The maximum atomic E-state index is 12.6. The van der Waals surface area contributed by atoms with Gasteiger partial charge in [0.05, 0.1) is 18.6 Å². The summed E-state index contributed by atoms with van der Waals surface area (Å²) in [5.41, 5.74) is 8.59. The first-order chi connectivity index (χ1) is 11.6. The fourth-order valence-electron chi connectivity index (χ4n) is 2.83. The molecule has 0 radical (unpaired) electrons. The van der Waals surface area contributed by atoms with E-state index in [0.717, 1.165) is 17.7 Å². The Bertz CT molecular complexity index is 935. The van der Waals surface area contributed by atoms with Gasteiger partial charge in [-0.15, -0.1) is 0 Å². The minimum Gasteiger partial charge on any atom is -0.491 e. The van der Waals surface area contributed by atoms with Gasteiger partial charge in [0.2, 0.25) is 5.91 Å². The van der Waals surface area contributed by atoms with Crippen LogP contribution in [-0.4, -0.2) is 32.0 Å². The minimum atomic E-state index is -0.512. The summed E-state index contributed by atoms with van der Waals surface area (Å²) < 4.78 is 7.29. The van der Waals surface area contributed by atoms with E-state index in [4.69, 9.17) is 10.5 Å². The highest BCUT2D eigenvalue weighted by molar-refractivity contribution is 5.96. The Kier molecular flexibility index (Phi) is 3.30. The molecule has 1 aromatic carbocycles. The number of nitrogens with one attached hydrogen (secondary N) is 1. The van der Waals surface area contributed by atoms with Crippen LogP contribution in [-0.2, 0) is 11.2 Å². The number of rotatable bonds is 3. The number of anilines is 2. The Balaban J connectivity index is 1.63. The minimum absolute atomic E-state index is 0.185. The summed E-state index contributed by atoms with van der Waals surface area (Å²) in [5, 5.41) is 2.92. The number of amides is 1. The van der Waals surface area contributed by atoms with Crippen molar-refractivity contribution in [2.24, 2.45) is 0 Å². The van der Waals surface area contributed by atoms with Crippen LogP contribution in [0.1, 0.15) is 18.5 Å². The zero-order valence-electron chi connectivity index (χ0n) is 13.1. The Morgan fingerprint density at radius 2 is 2.25 bits per heavy atom. The monoisotopic (exact) mass is 324 g/mol. The number of imidazole rings is 1. The van der Waals surface area contributed by atoms with Gasteiger partial charge in [0, 0.05) is 6.42 Å². The number of nitrogens with zero attached hydrogens (tertiary/aromatic N) is 4. The van der Waals surface area contributed by atoms with Gasteiger partial charge in [-0.25, -0.2) is 15.0 Å². The Labute approximate surface area is 137 Å². The predicted molar refractivity (Wildman–Crippen MR) is 88.7 cm³/mol. The lowest BCUT2D eigenvalue weighted by Crippen LogP contribution is -2.23. The van der Waals surface area contributed by atoms with Crippen molar-refractivity contribution in [3.8, 4) is 5.75 Å².